The maximum Gasteiger partial charge on any atom is 0.425 e. The number of esters is 1. The standard InChI is InChI=1S/C16H17F3N2O4/c1-10(22)25-13(16(17,18)19)8-4-5-9-24-15-12-7-3-2-6-11(12)14(23)20-21-15/h2-3,6-7,13H,4-5,8-9H2,1H3,(H,20,23). The van der Waals surface area contributed by atoms with E-state index in [9.17, 15) is 22.8 Å². The van der Waals surface area contributed by atoms with E-state index in [-0.39, 0.29) is 30.9 Å². The summed E-state index contributed by atoms with van der Waals surface area (Å²) < 4.78 is 47.9. The van der Waals surface area contributed by atoms with Gasteiger partial charge in [0.1, 0.15) is 0 Å². The second kappa shape index (κ2) is 8.00. The molecule has 1 N–H and O–H groups in total. The predicted octanol–water partition coefficient (Wildman–Crippen LogP) is 2.97. The fourth-order valence-corrected chi connectivity index (χ4v) is 2.29. The molecule has 0 saturated carbocycles. The number of carbonyl (C=O) groups is 1. The summed E-state index contributed by atoms with van der Waals surface area (Å²) in [6.07, 6.45) is -6.59. The molecule has 1 aromatic heterocycles. The Hall–Kier alpha value is -2.58. The number of aromatic amines is 1. The summed E-state index contributed by atoms with van der Waals surface area (Å²) in [4.78, 5) is 22.4. The summed E-state index contributed by atoms with van der Waals surface area (Å²) >= 11 is 0. The lowest BCUT2D eigenvalue weighted by molar-refractivity contribution is -0.221. The van der Waals surface area contributed by atoms with Gasteiger partial charge in [-0.15, -0.1) is 5.10 Å². The van der Waals surface area contributed by atoms with E-state index in [2.05, 4.69) is 14.9 Å². The van der Waals surface area contributed by atoms with Crippen LogP contribution in [-0.2, 0) is 9.53 Å². The molecule has 0 fully saturated rings. The van der Waals surface area contributed by atoms with Gasteiger partial charge < -0.3 is 9.47 Å². The van der Waals surface area contributed by atoms with Crippen LogP contribution >= 0.6 is 0 Å². The van der Waals surface area contributed by atoms with E-state index in [1.54, 1.807) is 24.3 Å². The smallest absolute Gasteiger partial charge is 0.425 e. The number of benzene rings is 1. The molecule has 0 aliphatic heterocycles. The first-order valence-electron chi connectivity index (χ1n) is 7.63. The first-order chi connectivity index (χ1) is 11.8. The van der Waals surface area contributed by atoms with E-state index in [4.69, 9.17) is 4.74 Å². The number of nitrogens with one attached hydrogen (secondary N) is 1. The van der Waals surface area contributed by atoms with Crippen LogP contribution in [0.3, 0.4) is 0 Å². The third kappa shape index (κ3) is 5.20. The highest BCUT2D eigenvalue weighted by atomic mass is 19.4. The molecule has 0 bridgehead atoms. The van der Waals surface area contributed by atoms with E-state index >= 15 is 0 Å². The van der Waals surface area contributed by atoms with Gasteiger partial charge in [0.05, 0.1) is 17.4 Å². The van der Waals surface area contributed by atoms with Crippen LogP contribution in [-0.4, -0.2) is 35.1 Å². The van der Waals surface area contributed by atoms with Crippen molar-refractivity contribution in [2.24, 2.45) is 0 Å². The Morgan fingerprint density at radius 3 is 2.56 bits per heavy atom. The number of fused-ring (bicyclic) bond motifs is 1. The highest BCUT2D eigenvalue weighted by Crippen LogP contribution is 2.27. The lowest BCUT2D eigenvalue weighted by atomic mass is 10.1. The number of hydrogen-bond donors (Lipinski definition) is 1. The number of halogens is 3. The molecule has 0 radical (unpaired) electrons. The van der Waals surface area contributed by atoms with Gasteiger partial charge in [-0.2, -0.15) is 13.2 Å². The number of carbonyl (C=O) groups excluding carboxylic acids is 1. The minimum atomic E-state index is -4.59. The first kappa shape index (κ1) is 18.8. The minimum Gasteiger partial charge on any atom is -0.476 e. The lowest BCUT2D eigenvalue weighted by Crippen LogP contribution is -2.33. The van der Waals surface area contributed by atoms with Crippen molar-refractivity contribution in [2.45, 2.75) is 38.5 Å². The van der Waals surface area contributed by atoms with Crippen molar-refractivity contribution in [3.8, 4) is 5.88 Å². The van der Waals surface area contributed by atoms with Gasteiger partial charge >= 0.3 is 12.1 Å². The number of unbranched alkanes of at least 4 members (excludes halogenated alkanes) is 1. The quantitative estimate of drug-likeness (QED) is 0.608. The number of rotatable bonds is 7. The van der Waals surface area contributed by atoms with Gasteiger partial charge in [-0.05, 0) is 31.4 Å². The molecule has 136 valence electrons. The number of alkyl halides is 3. The van der Waals surface area contributed by atoms with Crippen molar-refractivity contribution in [3.63, 3.8) is 0 Å². The average Bonchev–Trinajstić information content (AvgIpc) is 2.54. The Labute approximate surface area is 140 Å². The normalized spacial score (nSPS) is 12.8. The number of H-pyrrole nitrogens is 1. The SMILES string of the molecule is CC(=O)OC(CCCCOc1n[nH]c(=O)c2ccccc12)C(F)(F)F. The second-order valence-corrected chi connectivity index (χ2v) is 5.39. The summed E-state index contributed by atoms with van der Waals surface area (Å²) in [6.45, 7) is 1.06. The number of hydrogen-bond acceptors (Lipinski definition) is 5. The molecule has 6 nitrogen and oxygen atoms in total. The molecule has 9 heteroatoms. The molecular weight excluding hydrogens is 341 g/mol. The summed E-state index contributed by atoms with van der Waals surface area (Å²) in [6, 6.07) is 6.72. The Morgan fingerprint density at radius 2 is 1.92 bits per heavy atom. The van der Waals surface area contributed by atoms with Crippen molar-refractivity contribution in [1.82, 2.24) is 10.2 Å². The predicted molar refractivity (Wildman–Crippen MR) is 83.3 cm³/mol. The van der Waals surface area contributed by atoms with Crippen LogP contribution in [0.4, 0.5) is 13.2 Å². The molecule has 0 spiro atoms. The summed E-state index contributed by atoms with van der Waals surface area (Å²) in [7, 11) is 0. The van der Waals surface area contributed by atoms with E-state index in [1.807, 2.05) is 0 Å². The zero-order valence-corrected chi connectivity index (χ0v) is 13.4. The summed E-state index contributed by atoms with van der Waals surface area (Å²) in [5.41, 5.74) is -0.350. The number of ether oxygens (including phenoxy) is 2. The second-order valence-electron chi connectivity index (χ2n) is 5.39. The number of aromatic nitrogens is 2. The molecule has 2 rings (SSSR count). The Bertz CT molecular complexity index is 789. The molecule has 0 saturated heterocycles. The first-order valence-corrected chi connectivity index (χ1v) is 7.63. The van der Waals surface area contributed by atoms with Gasteiger partial charge in [-0.1, -0.05) is 12.1 Å². The third-order valence-electron chi connectivity index (χ3n) is 3.43. The molecule has 1 aromatic carbocycles. The van der Waals surface area contributed by atoms with Crippen LogP contribution in [0.25, 0.3) is 10.8 Å². The average molecular weight is 358 g/mol. The lowest BCUT2D eigenvalue weighted by Gasteiger charge is -2.19. The molecular formula is C16H17F3N2O4. The van der Waals surface area contributed by atoms with Gasteiger partial charge in [-0.3, -0.25) is 9.59 Å². The Balaban J connectivity index is 1.88. The van der Waals surface area contributed by atoms with Crippen molar-refractivity contribution in [3.05, 3.63) is 34.6 Å². The molecule has 1 heterocycles. The van der Waals surface area contributed by atoms with Gasteiger partial charge in [0.25, 0.3) is 5.56 Å². The van der Waals surface area contributed by atoms with Crippen LogP contribution in [0.15, 0.2) is 29.1 Å². The maximum absolute atomic E-state index is 12.7. The third-order valence-corrected chi connectivity index (χ3v) is 3.43. The van der Waals surface area contributed by atoms with Gasteiger partial charge in [-0.25, -0.2) is 5.10 Å². The minimum absolute atomic E-state index is 0.119. The molecule has 0 aliphatic carbocycles. The van der Waals surface area contributed by atoms with E-state index in [0.717, 1.165) is 6.92 Å². The van der Waals surface area contributed by atoms with E-state index in [1.165, 1.54) is 0 Å². The summed E-state index contributed by atoms with van der Waals surface area (Å²) in [5, 5.41) is 7.06. The largest absolute Gasteiger partial charge is 0.476 e. The van der Waals surface area contributed by atoms with Crippen LogP contribution in [0.2, 0.25) is 0 Å². The zero-order chi connectivity index (χ0) is 18.4. The fraction of sp³-hybridized carbons (Fsp3) is 0.438. The molecule has 1 unspecified atom stereocenters. The van der Waals surface area contributed by atoms with Crippen molar-refractivity contribution < 1.29 is 27.4 Å². The topological polar surface area (TPSA) is 81.3 Å². The summed E-state index contributed by atoms with van der Waals surface area (Å²) in [5.74, 6) is -0.759. The van der Waals surface area contributed by atoms with Crippen molar-refractivity contribution in [1.29, 1.82) is 0 Å². The van der Waals surface area contributed by atoms with Crippen LogP contribution < -0.4 is 10.3 Å². The van der Waals surface area contributed by atoms with Gasteiger partial charge in [0.2, 0.25) is 5.88 Å². The molecule has 0 amide bonds. The van der Waals surface area contributed by atoms with Gasteiger partial charge in [0, 0.05) is 6.92 Å². The Kier molecular flexibility index (Phi) is 6.00. The molecule has 0 aliphatic rings. The maximum atomic E-state index is 12.7. The van der Waals surface area contributed by atoms with E-state index < -0.39 is 18.2 Å². The van der Waals surface area contributed by atoms with Crippen LogP contribution in [0.5, 0.6) is 5.88 Å². The van der Waals surface area contributed by atoms with Crippen LogP contribution in [0, 0.1) is 0 Å². The fourth-order valence-electron chi connectivity index (χ4n) is 2.29. The highest BCUT2D eigenvalue weighted by Gasteiger charge is 2.41. The Morgan fingerprint density at radius 1 is 1.24 bits per heavy atom. The highest BCUT2D eigenvalue weighted by molar-refractivity contribution is 5.85. The van der Waals surface area contributed by atoms with Crippen molar-refractivity contribution >= 4 is 16.7 Å². The van der Waals surface area contributed by atoms with Gasteiger partial charge in [0.15, 0.2) is 6.10 Å². The molecule has 1 atom stereocenters. The number of nitrogens with zero attached hydrogens (tertiary/aromatic N) is 1. The van der Waals surface area contributed by atoms with E-state index in [0.29, 0.717) is 17.2 Å². The van der Waals surface area contributed by atoms with Crippen LogP contribution in [0.1, 0.15) is 26.2 Å². The molecule has 25 heavy (non-hydrogen) atoms. The molecule has 2 aromatic rings. The monoisotopic (exact) mass is 358 g/mol. The zero-order valence-electron chi connectivity index (χ0n) is 13.4. The van der Waals surface area contributed by atoms with Crippen molar-refractivity contribution in [2.75, 3.05) is 6.61 Å².